The first-order valence-corrected chi connectivity index (χ1v) is 11.6. The summed E-state index contributed by atoms with van der Waals surface area (Å²) in [7, 11) is 0. The van der Waals surface area contributed by atoms with Gasteiger partial charge in [0.15, 0.2) is 11.5 Å². The Labute approximate surface area is 210 Å². The van der Waals surface area contributed by atoms with Crippen LogP contribution in [0, 0.1) is 12.8 Å². The van der Waals surface area contributed by atoms with Gasteiger partial charge in [-0.25, -0.2) is 10.2 Å². The summed E-state index contributed by atoms with van der Waals surface area (Å²) in [5, 5.41) is 6.78. The molecule has 0 atom stereocenters. The van der Waals surface area contributed by atoms with Gasteiger partial charge in [-0.2, -0.15) is 5.10 Å². The lowest BCUT2D eigenvalue weighted by molar-refractivity contribution is -0.118. The summed E-state index contributed by atoms with van der Waals surface area (Å²) in [6, 6.07) is 18.6. The number of anilines is 1. The summed E-state index contributed by atoms with van der Waals surface area (Å²) in [6.07, 6.45) is 1.46. The van der Waals surface area contributed by atoms with Gasteiger partial charge in [-0.05, 0) is 74.0 Å². The van der Waals surface area contributed by atoms with Gasteiger partial charge in [0.25, 0.3) is 5.91 Å². The Morgan fingerprint density at radius 3 is 2.36 bits per heavy atom. The Balaban J connectivity index is 1.64. The molecule has 0 aliphatic heterocycles. The van der Waals surface area contributed by atoms with Gasteiger partial charge < -0.3 is 14.8 Å². The Bertz CT molecular complexity index is 1270. The molecule has 0 radical (unpaired) electrons. The first-order chi connectivity index (χ1) is 17.3. The van der Waals surface area contributed by atoms with E-state index in [2.05, 4.69) is 15.8 Å². The molecule has 0 fully saturated rings. The molecule has 0 aromatic heterocycles. The van der Waals surface area contributed by atoms with Crippen LogP contribution in [0.25, 0.3) is 0 Å². The molecular weight excluding hydrogens is 458 g/mol. The van der Waals surface area contributed by atoms with E-state index in [0.29, 0.717) is 34.7 Å². The number of benzene rings is 3. The molecule has 0 aliphatic carbocycles. The van der Waals surface area contributed by atoms with Crippen LogP contribution >= 0.6 is 0 Å². The molecule has 3 rings (SSSR count). The zero-order chi connectivity index (χ0) is 26.1. The SMILES string of the molecule is CCOc1cc(/C=N/NC(=O)c2ccc(NC(=O)C(C)C)cc2)ccc1OC(=O)c1cccc(C)c1. The molecule has 0 aliphatic rings. The second-order valence-electron chi connectivity index (χ2n) is 8.32. The molecule has 36 heavy (non-hydrogen) atoms. The molecule has 2 N–H and O–H groups in total. The van der Waals surface area contributed by atoms with Gasteiger partial charge in [0.1, 0.15) is 0 Å². The van der Waals surface area contributed by atoms with Gasteiger partial charge in [0.05, 0.1) is 18.4 Å². The molecule has 8 heteroatoms. The summed E-state index contributed by atoms with van der Waals surface area (Å²) in [5.41, 5.74) is 5.51. The molecule has 0 bridgehead atoms. The largest absolute Gasteiger partial charge is 0.490 e. The fourth-order valence-electron chi connectivity index (χ4n) is 3.11. The molecule has 0 saturated heterocycles. The van der Waals surface area contributed by atoms with Gasteiger partial charge >= 0.3 is 5.97 Å². The maximum atomic E-state index is 12.5. The van der Waals surface area contributed by atoms with Crippen molar-refractivity contribution in [2.24, 2.45) is 11.0 Å². The van der Waals surface area contributed by atoms with Gasteiger partial charge in [0, 0.05) is 17.2 Å². The minimum Gasteiger partial charge on any atom is -0.490 e. The molecular formula is C28H29N3O5. The van der Waals surface area contributed by atoms with Crippen molar-refractivity contribution in [3.63, 3.8) is 0 Å². The number of esters is 1. The number of aryl methyl sites for hydroxylation is 1. The van der Waals surface area contributed by atoms with Crippen molar-refractivity contribution in [1.29, 1.82) is 0 Å². The lowest BCUT2D eigenvalue weighted by atomic mass is 10.1. The molecule has 2 amide bonds. The fourth-order valence-corrected chi connectivity index (χ4v) is 3.11. The van der Waals surface area contributed by atoms with E-state index in [1.54, 1.807) is 74.5 Å². The van der Waals surface area contributed by atoms with Crippen LogP contribution in [0.5, 0.6) is 11.5 Å². The van der Waals surface area contributed by atoms with Gasteiger partial charge in [0.2, 0.25) is 5.91 Å². The standard InChI is InChI=1S/C28H29N3O5/c1-5-35-25-16-20(9-14-24(25)36-28(34)22-8-6-7-19(4)15-22)17-29-31-27(33)21-10-12-23(13-11-21)30-26(32)18(2)3/h6-18H,5H2,1-4H3,(H,30,32)(H,31,33)/b29-17+. The van der Waals surface area contributed by atoms with Crippen LogP contribution in [0.2, 0.25) is 0 Å². The monoisotopic (exact) mass is 487 g/mol. The van der Waals surface area contributed by atoms with Crippen LogP contribution in [0.1, 0.15) is 52.6 Å². The molecule has 0 saturated carbocycles. The highest BCUT2D eigenvalue weighted by atomic mass is 16.6. The topological polar surface area (TPSA) is 106 Å². The number of hydrazone groups is 1. The zero-order valence-electron chi connectivity index (χ0n) is 20.7. The minimum absolute atomic E-state index is 0.0980. The van der Waals surface area contributed by atoms with Crippen molar-refractivity contribution in [3.05, 3.63) is 89.0 Å². The summed E-state index contributed by atoms with van der Waals surface area (Å²) in [5.74, 6) is -0.453. The quantitative estimate of drug-likeness (QED) is 0.192. The number of hydrogen-bond acceptors (Lipinski definition) is 6. The fraction of sp³-hybridized carbons (Fsp3) is 0.214. The Hall–Kier alpha value is -4.46. The van der Waals surface area contributed by atoms with Crippen molar-refractivity contribution < 1.29 is 23.9 Å². The van der Waals surface area contributed by atoms with Crippen LogP contribution in [-0.2, 0) is 4.79 Å². The van der Waals surface area contributed by atoms with E-state index in [1.165, 1.54) is 6.21 Å². The first kappa shape index (κ1) is 26.2. The average molecular weight is 488 g/mol. The molecule has 3 aromatic rings. The van der Waals surface area contributed by atoms with Crippen molar-refractivity contribution >= 4 is 29.7 Å². The lowest BCUT2D eigenvalue weighted by Gasteiger charge is -2.11. The number of carbonyl (C=O) groups is 3. The molecule has 186 valence electrons. The van der Waals surface area contributed by atoms with Gasteiger partial charge in [-0.3, -0.25) is 9.59 Å². The predicted octanol–water partition coefficient (Wildman–Crippen LogP) is 4.97. The van der Waals surface area contributed by atoms with Crippen molar-refractivity contribution in [1.82, 2.24) is 5.43 Å². The third kappa shape index (κ3) is 7.27. The Morgan fingerprint density at radius 1 is 0.944 bits per heavy atom. The molecule has 3 aromatic carbocycles. The Morgan fingerprint density at radius 2 is 1.69 bits per heavy atom. The zero-order valence-corrected chi connectivity index (χ0v) is 20.7. The predicted molar refractivity (Wildman–Crippen MR) is 139 cm³/mol. The van der Waals surface area contributed by atoms with Crippen molar-refractivity contribution in [2.75, 3.05) is 11.9 Å². The van der Waals surface area contributed by atoms with E-state index in [9.17, 15) is 14.4 Å². The number of nitrogens with one attached hydrogen (secondary N) is 2. The number of ether oxygens (including phenoxy) is 2. The highest BCUT2D eigenvalue weighted by molar-refractivity contribution is 5.96. The number of hydrogen-bond donors (Lipinski definition) is 2. The highest BCUT2D eigenvalue weighted by Gasteiger charge is 2.14. The van der Waals surface area contributed by atoms with Crippen LogP contribution in [0.15, 0.2) is 71.8 Å². The summed E-state index contributed by atoms with van der Waals surface area (Å²) in [4.78, 5) is 36.7. The normalized spacial score (nSPS) is 10.8. The third-order valence-corrected chi connectivity index (χ3v) is 5.04. The van der Waals surface area contributed by atoms with E-state index in [0.717, 1.165) is 5.56 Å². The molecule has 0 spiro atoms. The van der Waals surface area contributed by atoms with E-state index in [-0.39, 0.29) is 17.6 Å². The highest BCUT2D eigenvalue weighted by Crippen LogP contribution is 2.29. The summed E-state index contributed by atoms with van der Waals surface area (Å²) >= 11 is 0. The first-order valence-electron chi connectivity index (χ1n) is 11.6. The molecule has 8 nitrogen and oxygen atoms in total. The number of rotatable bonds is 9. The van der Waals surface area contributed by atoms with E-state index in [4.69, 9.17) is 9.47 Å². The molecule has 0 heterocycles. The molecule has 0 unspecified atom stereocenters. The Kier molecular flexibility index (Phi) is 8.94. The maximum Gasteiger partial charge on any atom is 0.343 e. The second kappa shape index (κ2) is 12.3. The van der Waals surface area contributed by atoms with E-state index >= 15 is 0 Å². The van der Waals surface area contributed by atoms with Crippen molar-refractivity contribution in [2.45, 2.75) is 27.7 Å². The van der Waals surface area contributed by atoms with E-state index < -0.39 is 11.9 Å². The van der Waals surface area contributed by atoms with Crippen LogP contribution < -0.4 is 20.2 Å². The van der Waals surface area contributed by atoms with E-state index in [1.807, 2.05) is 19.9 Å². The maximum absolute atomic E-state index is 12.5. The van der Waals surface area contributed by atoms with Gasteiger partial charge in [-0.1, -0.05) is 31.5 Å². The smallest absolute Gasteiger partial charge is 0.343 e. The minimum atomic E-state index is -0.483. The van der Waals surface area contributed by atoms with Crippen LogP contribution in [0.3, 0.4) is 0 Å². The summed E-state index contributed by atoms with van der Waals surface area (Å²) in [6.45, 7) is 7.71. The van der Waals surface area contributed by atoms with Crippen LogP contribution in [0.4, 0.5) is 5.69 Å². The average Bonchev–Trinajstić information content (AvgIpc) is 2.86. The lowest BCUT2D eigenvalue weighted by Crippen LogP contribution is -2.19. The second-order valence-corrected chi connectivity index (χ2v) is 8.32. The number of carbonyl (C=O) groups excluding carboxylic acids is 3. The number of nitrogens with zero attached hydrogens (tertiary/aromatic N) is 1. The third-order valence-electron chi connectivity index (χ3n) is 5.04. The van der Waals surface area contributed by atoms with Crippen LogP contribution in [-0.4, -0.2) is 30.6 Å². The van der Waals surface area contributed by atoms with Gasteiger partial charge in [-0.15, -0.1) is 0 Å². The number of amides is 2. The van der Waals surface area contributed by atoms with Crippen molar-refractivity contribution in [3.8, 4) is 11.5 Å². The summed E-state index contributed by atoms with van der Waals surface area (Å²) < 4.78 is 11.2.